The van der Waals surface area contributed by atoms with Crippen LogP contribution in [0.25, 0.3) is 0 Å². The molecule has 2 saturated heterocycles. The van der Waals surface area contributed by atoms with Crippen LogP contribution in [0.15, 0.2) is 23.2 Å². The van der Waals surface area contributed by atoms with Crippen LogP contribution in [0.4, 0.5) is 5.69 Å². The molecule has 1 atom stereocenters. The van der Waals surface area contributed by atoms with E-state index >= 15 is 0 Å². The van der Waals surface area contributed by atoms with Gasteiger partial charge in [0.2, 0.25) is 0 Å². The van der Waals surface area contributed by atoms with Crippen LogP contribution < -0.4 is 10.2 Å². The fourth-order valence-corrected chi connectivity index (χ4v) is 3.79. The number of ether oxygens (including phenoxy) is 1. The van der Waals surface area contributed by atoms with E-state index in [1.54, 1.807) is 0 Å². The van der Waals surface area contributed by atoms with Crippen LogP contribution in [0.5, 0.6) is 0 Å². The van der Waals surface area contributed by atoms with E-state index in [0.717, 1.165) is 51.7 Å². The van der Waals surface area contributed by atoms with Gasteiger partial charge in [0.1, 0.15) is 0 Å². The maximum Gasteiger partial charge on any atom is 0.193 e. The Morgan fingerprint density at radius 3 is 2.65 bits per heavy atom. The maximum absolute atomic E-state index is 5.70. The van der Waals surface area contributed by atoms with Crippen molar-refractivity contribution < 1.29 is 4.74 Å². The summed E-state index contributed by atoms with van der Waals surface area (Å²) >= 11 is 0. The monoisotopic (exact) mass is 472 g/mol. The lowest BCUT2D eigenvalue weighted by Crippen LogP contribution is -2.53. The van der Waals surface area contributed by atoms with Crippen molar-refractivity contribution in [2.45, 2.75) is 39.2 Å². The number of hydrogen-bond acceptors (Lipinski definition) is 3. The second-order valence-corrected chi connectivity index (χ2v) is 7.09. The highest BCUT2D eigenvalue weighted by molar-refractivity contribution is 14.0. The fourth-order valence-electron chi connectivity index (χ4n) is 3.79. The van der Waals surface area contributed by atoms with E-state index in [0.29, 0.717) is 6.10 Å². The van der Waals surface area contributed by atoms with E-state index in [1.165, 1.54) is 29.7 Å². The van der Waals surface area contributed by atoms with Gasteiger partial charge in [-0.1, -0.05) is 12.1 Å². The average molecular weight is 472 g/mol. The second kappa shape index (κ2) is 10.3. The van der Waals surface area contributed by atoms with Crippen LogP contribution in [-0.2, 0) is 4.74 Å². The summed E-state index contributed by atoms with van der Waals surface area (Å²) in [7, 11) is 1.88. The molecule has 0 aliphatic carbocycles. The van der Waals surface area contributed by atoms with Gasteiger partial charge in [-0.05, 0) is 50.3 Å². The molecule has 1 aromatic carbocycles. The van der Waals surface area contributed by atoms with Crippen LogP contribution in [0.3, 0.4) is 0 Å². The van der Waals surface area contributed by atoms with E-state index in [2.05, 4.69) is 52.2 Å². The van der Waals surface area contributed by atoms with Crippen molar-refractivity contribution in [3.63, 3.8) is 0 Å². The SMILES string of the molecule is CN=C(NCCC1CCCO1)N1CCN(c2cccc(C)c2C)CC1.I. The molecule has 3 rings (SSSR count). The molecular formula is C20H33IN4O. The van der Waals surface area contributed by atoms with Crippen molar-refractivity contribution in [2.75, 3.05) is 51.3 Å². The van der Waals surface area contributed by atoms with Crippen LogP contribution in [0.1, 0.15) is 30.4 Å². The molecule has 2 heterocycles. The standard InChI is InChI=1S/C20H32N4O.HI/c1-16-6-4-8-19(17(16)2)23-11-13-24(14-12-23)20(21-3)22-10-9-18-7-5-15-25-18;/h4,6,8,18H,5,7,9-15H2,1-3H3,(H,21,22);1H. The number of nitrogens with one attached hydrogen (secondary N) is 1. The molecule has 2 aliphatic heterocycles. The van der Waals surface area contributed by atoms with E-state index in [4.69, 9.17) is 4.74 Å². The third kappa shape index (κ3) is 5.25. The first kappa shape index (κ1) is 21.3. The van der Waals surface area contributed by atoms with Gasteiger partial charge in [-0.2, -0.15) is 0 Å². The maximum atomic E-state index is 5.70. The van der Waals surface area contributed by atoms with Gasteiger partial charge >= 0.3 is 0 Å². The van der Waals surface area contributed by atoms with Crippen LogP contribution in [0, 0.1) is 13.8 Å². The van der Waals surface area contributed by atoms with Gasteiger partial charge in [-0.15, -0.1) is 24.0 Å². The number of aliphatic imine (C=N–C) groups is 1. The third-order valence-corrected chi connectivity index (χ3v) is 5.48. The minimum Gasteiger partial charge on any atom is -0.378 e. The highest BCUT2D eigenvalue weighted by atomic mass is 127. The van der Waals surface area contributed by atoms with E-state index in [9.17, 15) is 0 Å². The molecule has 5 nitrogen and oxygen atoms in total. The molecule has 6 heteroatoms. The van der Waals surface area contributed by atoms with Gasteiger partial charge < -0.3 is 19.9 Å². The predicted molar refractivity (Wildman–Crippen MR) is 120 cm³/mol. The Labute approximate surface area is 175 Å². The number of rotatable bonds is 4. The third-order valence-electron chi connectivity index (χ3n) is 5.48. The first-order chi connectivity index (χ1) is 12.2. The lowest BCUT2D eigenvalue weighted by molar-refractivity contribution is 0.105. The molecular weight excluding hydrogens is 439 g/mol. The smallest absolute Gasteiger partial charge is 0.193 e. The summed E-state index contributed by atoms with van der Waals surface area (Å²) in [5, 5.41) is 3.52. The van der Waals surface area contributed by atoms with E-state index in [-0.39, 0.29) is 24.0 Å². The van der Waals surface area contributed by atoms with Gasteiger partial charge in [-0.25, -0.2) is 0 Å². The average Bonchev–Trinajstić information content (AvgIpc) is 3.15. The second-order valence-electron chi connectivity index (χ2n) is 7.09. The number of aryl methyl sites for hydroxylation is 1. The quantitative estimate of drug-likeness (QED) is 0.415. The molecule has 1 N–H and O–H groups in total. The first-order valence-electron chi connectivity index (χ1n) is 9.57. The summed E-state index contributed by atoms with van der Waals surface area (Å²) in [4.78, 5) is 9.35. The van der Waals surface area contributed by atoms with Gasteiger partial charge in [-0.3, -0.25) is 4.99 Å². The minimum absolute atomic E-state index is 0. The predicted octanol–water partition coefficient (Wildman–Crippen LogP) is 3.19. The number of anilines is 1. The normalized spacial score (nSPS) is 20.9. The number of piperazine rings is 1. The summed E-state index contributed by atoms with van der Waals surface area (Å²) in [5.41, 5.74) is 4.14. The molecule has 26 heavy (non-hydrogen) atoms. The molecule has 0 saturated carbocycles. The van der Waals surface area contributed by atoms with E-state index < -0.39 is 0 Å². The first-order valence-corrected chi connectivity index (χ1v) is 9.57. The molecule has 1 unspecified atom stereocenters. The number of hydrogen-bond donors (Lipinski definition) is 1. The summed E-state index contributed by atoms with van der Waals surface area (Å²) in [5.74, 6) is 1.03. The molecule has 146 valence electrons. The van der Waals surface area contributed by atoms with Crippen LogP contribution in [-0.4, -0.2) is 63.3 Å². The number of halogens is 1. The summed E-state index contributed by atoms with van der Waals surface area (Å²) in [6.07, 6.45) is 3.92. The van der Waals surface area contributed by atoms with Crippen molar-refractivity contribution in [1.29, 1.82) is 0 Å². The Hall–Kier alpha value is -1.02. The molecule has 2 aliphatic rings. The number of benzene rings is 1. The van der Waals surface area contributed by atoms with Gasteiger partial charge in [0.25, 0.3) is 0 Å². The Kier molecular flexibility index (Phi) is 8.47. The zero-order chi connectivity index (χ0) is 17.6. The zero-order valence-corrected chi connectivity index (χ0v) is 18.7. The fraction of sp³-hybridized carbons (Fsp3) is 0.650. The Morgan fingerprint density at radius 2 is 2.00 bits per heavy atom. The molecule has 0 aromatic heterocycles. The van der Waals surface area contributed by atoms with Crippen molar-refractivity contribution in [1.82, 2.24) is 10.2 Å². The minimum atomic E-state index is 0. The van der Waals surface area contributed by atoms with Crippen LogP contribution in [0.2, 0.25) is 0 Å². The highest BCUT2D eigenvalue weighted by Gasteiger charge is 2.21. The van der Waals surface area contributed by atoms with Gasteiger partial charge in [0.15, 0.2) is 5.96 Å². The topological polar surface area (TPSA) is 40.1 Å². The summed E-state index contributed by atoms with van der Waals surface area (Å²) in [6, 6.07) is 6.59. The summed E-state index contributed by atoms with van der Waals surface area (Å²) < 4.78 is 5.70. The van der Waals surface area contributed by atoms with Gasteiger partial charge in [0, 0.05) is 52.1 Å². The molecule has 0 radical (unpaired) electrons. The molecule has 0 amide bonds. The summed E-state index contributed by atoms with van der Waals surface area (Å²) in [6.45, 7) is 10.4. The number of guanidine groups is 1. The van der Waals surface area contributed by atoms with Crippen molar-refractivity contribution >= 4 is 35.6 Å². The zero-order valence-electron chi connectivity index (χ0n) is 16.3. The largest absolute Gasteiger partial charge is 0.378 e. The highest BCUT2D eigenvalue weighted by Crippen LogP contribution is 2.23. The van der Waals surface area contributed by atoms with Crippen molar-refractivity contribution in [3.8, 4) is 0 Å². The molecule has 1 aromatic rings. The van der Waals surface area contributed by atoms with Crippen molar-refractivity contribution in [3.05, 3.63) is 29.3 Å². The lowest BCUT2D eigenvalue weighted by Gasteiger charge is -2.38. The van der Waals surface area contributed by atoms with E-state index in [1.807, 2.05) is 7.05 Å². The Balaban J connectivity index is 0.00000243. The van der Waals surface area contributed by atoms with Gasteiger partial charge in [0.05, 0.1) is 6.10 Å². The molecule has 0 spiro atoms. The Morgan fingerprint density at radius 1 is 1.23 bits per heavy atom. The molecule has 0 bridgehead atoms. The van der Waals surface area contributed by atoms with Crippen molar-refractivity contribution in [2.24, 2.45) is 4.99 Å². The van der Waals surface area contributed by atoms with Crippen LogP contribution >= 0.6 is 24.0 Å². The number of nitrogens with zero attached hydrogens (tertiary/aromatic N) is 3. The molecule has 2 fully saturated rings. The lowest BCUT2D eigenvalue weighted by atomic mass is 10.1. The Bertz CT molecular complexity index is 593.